The van der Waals surface area contributed by atoms with Gasteiger partial charge in [-0.1, -0.05) is 24.3 Å². The van der Waals surface area contributed by atoms with Gasteiger partial charge in [-0.05, 0) is 17.2 Å². The Bertz CT molecular complexity index is 519. The molecule has 1 aromatic heterocycles. The third kappa shape index (κ3) is 2.34. The number of hydrogen-bond acceptors (Lipinski definition) is 2. The molecule has 0 bridgehead atoms. The lowest BCUT2D eigenvalue weighted by Crippen LogP contribution is -2.21. The number of halogens is 1. The molecule has 3 nitrogen and oxygen atoms in total. The molecular formula is C12H11FN2O. The second-order valence-corrected chi connectivity index (χ2v) is 3.47. The molecule has 0 N–H and O–H groups in total. The Balaban J connectivity index is 2.21. The van der Waals surface area contributed by atoms with Gasteiger partial charge in [-0.25, -0.2) is 9.07 Å². The maximum Gasteiger partial charge on any atom is 0.267 e. The molecule has 0 spiro atoms. The maximum atomic E-state index is 12.3. The molecule has 0 unspecified atom stereocenters. The van der Waals surface area contributed by atoms with Crippen LogP contribution in [0.2, 0.25) is 0 Å². The van der Waals surface area contributed by atoms with E-state index in [-0.39, 0.29) is 5.56 Å². The number of hydrogen-bond donors (Lipinski definition) is 0. The number of benzene rings is 1. The first-order chi connectivity index (χ1) is 7.79. The zero-order valence-corrected chi connectivity index (χ0v) is 8.64. The van der Waals surface area contributed by atoms with Crippen LogP contribution in [0.25, 0.3) is 0 Å². The third-order valence-corrected chi connectivity index (χ3v) is 2.29. The van der Waals surface area contributed by atoms with Crippen molar-refractivity contribution in [3.63, 3.8) is 0 Å². The van der Waals surface area contributed by atoms with Crippen LogP contribution in [0.3, 0.4) is 0 Å². The zero-order valence-electron chi connectivity index (χ0n) is 8.64. The van der Waals surface area contributed by atoms with E-state index in [9.17, 15) is 9.18 Å². The molecule has 0 amide bonds. The highest BCUT2D eigenvalue weighted by atomic mass is 19.1. The number of nitrogens with zero attached hydrogens (tertiary/aromatic N) is 2. The summed E-state index contributed by atoms with van der Waals surface area (Å²) in [6, 6.07) is 10.1. The van der Waals surface area contributed by atoms with Gasteiger partial charge in [0.1, 0.15) is 6.67 Å². The van der Waals surface area contributed by atoms with Crippen molar-refractivity contribution in [1.82, 2.24) is 9.78 Å². The average molecular weight is 218 g/mol. The first-order valence-corrected chi connectivity index (χ1v) is 4.95. The van der Waals surface area contributed by atoms with E-state index in [1.807, 2.05) is 0 Å². The molecule has 4 heteroatoms. The van der Waals surface area contributed by atoms with Crippen LogP contribution in [0.1, 0.15) is 11.1 Å². The van der Waals surface area contributed by atoms with E-state index >= 15 is 0 Å². The Morgan fingerprint density at radius 2 is 1.81 bits per heavy atom. The maximum absolute atomic E-state index is 12.3. The molecule has 0 radical (unpaired) electrons. The number of aromatic nitrogens is 2. The lowest BCUT2D eigenvalue weighted by Gasteiger charge is -2.04. The van der Waals surface area contributed by atoms with Gasteiger partial charge >= 0.3 is 0 Å². The van der Waals surface area contributed by atoms with E-state index in [1.165, 1.54) is 10.7 Å². The predicted molar refractivity (Wildman–Crippen MR) is 58.9 cm³/mol. The van der Waals surface area contributed by atoms with Crippen LogP contribution < -0.4 is 5.56 Å². The molecule has 16 heavy (non-hydrogen) atoms. The summed E-state index contributed by atoms with van der Waals surface area (Å²) >= 11 is 0. The summed E-state index contributed by atoms with van der Waals surface area (Å²) in [5.74, 6) is 0. The van der Waals surface area contributed by atoms with Crippen molar-refractivity contribution in [3.8, 4) is 0 Å². The zero-order chi connectivity index (χ0) is 11.4. The molecule has 0 aliphatic carbocycles. The molecule has 1 heterocycles. The fourth-order valence-corrected chi connectivity index (χ4v) is 1.41. The minimum absolute atomic E-state index is 0.142. The summed E-state index contributed by atoms with van der Waals surface area (Å²) in [4.78, 5) is 11.4. The van der Waals surface area contributed by atoms with Gasteiger partial charge in [0, 0.05) is 12.3 Å². The minimum atomic E-state index is -0.468. The summed E-state index contributed by atoms with van der Waals surface area (Å²) < 4.78 is 13.6. The topological polar surface area (TPSA) is 34.9 Å². The lowest BCUT2D eigenvalue weighted by molar-refractivity contribution is 0.485. The van der Waals surface area contributed by atoms with E-state index in [0.29, 0.717) is 12.1 Å². The van der Waals surface area contributed by atoms with Crippen molar-refractivity contribution >= 4 is 0 Å². The second-order valence-electron chi connectivity index (χ2n) is 3.47. The Labute approximate surface area is 92.2 Å². The number of rotatable bonds is 3. The largest absolute Gasteiger partial charge is 0.268 e. The predicted octanol–water partition coefficient (Wildman–Crippen LogP) is 1.76. The molecule has 0 saturated heterocycles. The van der Waals surface area contributed by atoms with Gasteiger partial charge in [-0.15, -0.1) is 0 Å². The summed E-state index contributed by atoms with van der Waals surface area (Å²) in [7, 11) is 0. The monoisotopic (exact) mass is 218 g/mol. The van der Waals surface area contributed by atoms with E-state index < -0.39 is 6.67 Å². The van der Waals surface area contributed by atoms with Crippen LogP contribution in [-0.4, -0.2) is 9.78 Å². The van der Waals surface area contributed by atoms with Gasteiger partial charge in [0.25, 0.3) is 5.56 Å². The molecule has 82 valence electrons. The highest BCUT2D eigenvalue weighted by Gasteiger charge is 1.98. The second kappa shape index (κ2) is 4.70. The van der Waals surface area contributed by atoms with Crippen molar-refractivity contribution in [3.05, 3.63) is 64.1 Å². The summed E-state index contributed by atoms with van der Waals surface area (Å²) in [5.41, 5.74) is 1.42. The quantitative estimate of drug-likeness (QED) is 0.786. The van der Waals surface area contributed by atoms with Crippen LogP contribution >= 0.6 is 0 Å². The fraction of sp³-hybridized carbons (Fsp3) is 0.167. The van der Waals surface area contributed by atoms with Crippen LogP contribution in [0.4, 0.5) is 4.39 Å². The van der Waals surface area contributed by atoms with Gasteiger partial charge < -0.3 is 0 Å². The van der Waals surface area contributed by atoms with Crippen LogP contribution in [0.15, 0.2) is 47.4 Å². The average Bonchev–Trinajstić information content (AvgIpc) is 2.33. The van der Waals surface area contributed by atoms with Crippen LogP contribution in [-0.2, 0) is 13.2 Å². The Morgan fingerprint density at radius 3 is 2.44 bits per heavy atom. The van der Waals surface area contributed by atoms with Crippen molar-refractivity contribution < 1.29 is 4.39 Å². The molecule has 1 aromatic carbocycles. The smallest absolute Gasteiger partial charge is 0.267 e. The molecule has 0 fully saturated rings. The minimum Gasteiger partial charge on any atom is -0.268 e. The highest BCUT2D eigenvalue weighted by molar-refractivity contribution is 5.22. The van der Waals surface area contributed by atoms with E-state index in [0.717, 1.165) is 5.56 Å². The van der Waals surface area contributed by atoms with Crippen molar-refractivity contribution in [2.45, 2.75) is 13.2 Å². The standard InChI is InChI=1S/C12H11FN2O/c13-8-10-3-5-11(6-4-10)9-15-12(16)2-1-7-14-15/h1-7H,8-9H2. The van der Waals surface area contributed by atoms with Crippen molar-refractivity contribution in [2.24, 2.45) is 0 Å². The van der Waals surface area contributed by atoms with Gasteiger partial charge in [0.15, 0.2) is 0 Å². The summed E-state index contributed by atoms with van der Waals surface area (Å²) in [6.45, 7) is -0.0595. The van der Waals surface area contributed by atoms with Gasteiger partial charge in [0.05, 0.1) is 6.54 Å². The van der Waals surface area contributed by atoms with Gasteiger partial charge in [-0.2, -0.15) is 5.10 Å². The summed E-state index contributed by atoms with van der Waals surface area (Å²) in [5, 5.41) is 3.95. The van der Waals surface area contributed by atoms with E-state index in [1.54, 1.807) is 36.5 Å². The van der Waals surface area contributed by atoms with Crippen LogP contribution in [0, 0.1) is 0 Å². The Hall–Kier alpha value is -1.97. The Morgan fingerprint density at radius 1 is 1.12 bits per heavy atom. The van der Waals surface area contributed by atoms with Crippen molar-refractivity contribution in [2.75, 3.05) is 0 Å². The third-order valence-electron chi connectivity index (χ3n) is 2.29. The molecular weight excluding hydrogens is 207 g/mol. The molecule has 2 aromatic rings. The fourth-order valence-electron chi connectivity index (χ4n) is 1.41. The molecule has 0 aliphatic rings. The summed E-state index contributed by atoms with van der Waals surface area (Å²) in [6.07, 6.45) is 1.57. The van der Waals surface area contributed by atoms with Crippen LogP contribution in [0.5, 0.6) is 0 Å². The molecule has 0 atom stereocenters. The first-order valence-electron chi connectivity index (χ1n) is 4.95. The molecule has 0 aliphatic heterocycles. The Kier molecular flexibility index (Phi) is 3.10. The highest BCUT2D eigenvalue weighted by Crippen LogP contribution is 2.06. The van der Waals surface area contributed by atoms with Gasteiger partial charge in [-0.3, -0.25) is 4.79 Å². The van der Waals surface area contributed by atoms with Gasteiger partial charge in [0.2, 0.25) is 0 Å². The van der Waals surface area contributed by atoms with E-state index in [2.05, 4.69) is 5.10 Å². The molecule has 0 saturated carbocycles. The SMILES string of the molecule is O=c1cccnn1Cc1ccc(CF)cc1. The first kappa shape index (κ1) is 10.5. The lowest BCUT2D eigenvalue weighted by atomic mass is 10.1. The van der Waals surface area contributed by atoms with E-state index in [4.69, 9.17) is 0 Å². The normalized spacial score (nSPS) is 10.3. The number of alkyl halides is 1. The molecule has 2 rings (SSSR count). The van der Waals surface area contributed by atoms with Crippen molar-refractivity contribution in [1.29, 1.82) is 0 Å².